The minimum Gasteiger partial charge on any atom is -0.303 e. The van der Waals surface area contributed by atoms with Crippen LogP contribution in [0.1, 0.15) is 99.3 Å². The SMILES string of the molecule is c1cc(CCCN2CCCC2)cc(CCC(C(CCc2ccc(CCCN3CCCC3)cc2)N2CCCC2)N2CCCC2)c1. The van der Waals surface area contributed by atoms with E-state index in [0.717, 1.165) is 0 Å². The Morgan fingerprint density at radius 3 is 1.32 bits per heavy atom. The third-order valence-electron chi connectivity index (χ3n) is 11.4. The van der Waals surface area contributed by atoms with Gasteiger partial charge in [-0.15, -0.1) is 0 Å². The maximum absolute atomic E-state index is 2.90. The van der Waals surface area contributed by atoms with E-state index in [2.05, 4.69) is 68.1 Å². The Morgan fingerprint density at radius 2 is 0.818 bits per heavy atom. The molecule has 6 rings (SSSR count). The zero-order valence-corrected chi connectivity index (χ0v) is 27.9. The summed E-state index contributed by atoms with van der Waals surface area (Å²) in [6.45, 7) is 13.0. The molecule has 4 heterocycles. The first-order chi connectivity index (χ1) is 21.8. The lowest BCUT2D eigenvalue weighted by atomic mass is 9.91. The summed E-state index contributed by atoms with van der Waals surface area (Å²) in [6, 6.07) is 20.8. The van der Waals surface area contributed by atoms with Crippen molar-refractivity contribution in [3.63, 3.8) is 0 Å². The summed E-state index contributed by atoms with van der Waals surface area (Å²) in [5.74, 6) is 0. The lowest BCUT2D eigenvalue weighted by Crippen LogP contribution is -2.50. The van der Waals surface area contributed by atoms with Crippen LogP contribution in [0.2, 0.25) is 0 Å². The van der Waals surface area contributed by atoms with Gasteiger partial charge in [0.25, 0.3) is 0 Å². The molecule has 2 aromatic rings. The van der Waals surface area contributed by atoms with Crippen molar-refractivity contribution in [1.29, 1.82) is 0 Å². The normalized spacial score (nSPS) is 21.9. The fourth-order valence-electron chi connectivity index (χ4n) is 8.85. The van der Waals surface area contributed by atoms with Gasteiger partial charge in [0.15, 0.2) is 0 Å². The minimum absolute atomic E-state index is 0.680. The number of hydrogen-bond donors (Lipinski definition) is 0. The largest absolute Gasteiger partial charge is 0.303 e. The van der Waals surface area contributed by atoms with Crippen molar-refractivity contribution in [2.75, 3.05) is 65.4 Å². The standard InChI is InChI=1S/C40H62N4/c1-2-25-41(24-1)28-10-14-35-16-18-36(19-17-35)20-22-39(43-30-5-6-31-43)40(44-32-7-8-33-44)23-21-38-13-9-12-37(34-38)15-11-29-42-26-3-4-27-42/h9,12-13,16-19,34,39-40H,1-8,10-11,14-15,20-33H2. The summed E-state index contributed by atoms with van der Waals surface area (Å²) in [5, 5.41) is 0. The molecule has 4 fully saturated rings. The first-order valence-electron chi connectivity index (χ1n) is 18.9. The zero-order chi connectivity index (χ0) is 29.8. The van der Waals surface area contributed by atoms with Crippen molar-refractivity contribution < 1.29 is 0 Å². The second-order valence-electron chi connectivity index (χ2n) is 14.6. The first-order valence-corrected chi connectivity index (χ1v) is 18.9. The van der Waals surface area contributed by atoms with Gasteiger partial charge in [0, 0.05) is 12.1 Å². The van der Waals surface area contributed by atoms with Crippen LogP contribution >= 0.6 is 0 Å². The molecule has 0 spiro atoms. The maximum Gasteiger partial charge on any atom is 0.0254 e. The molecule has 4 saturated heterocycles. The molecular weight excluding hydrogens is 536 g/mol. The second-order valence-corrected chi connectivity index (χ2v) is 14.6. The van der Waals surface area contributed by atoms with Gasteiger partial charge in [-0.25, -0.2) is 0 Å². The fourth-order valence-corrected chi connectivity index (χ4v) is 8.85. The summed E-state index contributed by atoms with van der Waals surface area (Å²) < 4.78 is 0. The molecule has 2 unspecified atom stereocenters. The quantitative estimate of drug-likeness (QED) is 0.190. The highest BCUT2D eigenvalue weighted by atomic mass is 15.3. The van der Waals surface area contributed by atoms with Crippen molar-refractivity contribution in [2.45, 2.75) is 115 Å². The molecule has 0 aromatic heterocycles. The second kappa shape index (κ2) is 17.3. The van der Waals surface area contributed by atoms with E-state index in [1.165, 1.54) is 174 Å². The predicted octanol–water partition coefficient (Wildman–Crippen LogP) is 7.24. The van der Waals surface area contributed by atoms with E-state index in [1.54, 1.807) is 16.7 Å². The Hall–Kier alpha value is -1.72. The summed E-state index contributed by atoms with van der Waals surface area (Å²) in [4.78, 5) is 11.1. The van der Waals surface area contributed by atoms with Crippen LogP contribution in [0, 0.1) is 0 Å². The molecule has 44 heavy (non-hydrogen) atoms. The van der Waals surface area contributed by atoms with Crippen LogP contribution in [0.15, 0.2) is 48.5 Å². The Morgan fingerprint density at radius 1 is 0.432 bits per heavy atom. The van der Waals surface area contributed by atoms with Crippen molar-refractivity contribution >= 4 is 0 Å². The van der Waals surface area contributed by atoms with Gasteiger partial charge >= 0.3 is 0 Å². The topological polar surface area (TPSA) is 13.0 Å². The third-order valence-corrected chi connectivity index (χ3v) is 11.4. The van der Waals surface area contributed by atoms with Gasteiger partial charge in [0.05, 0.1) is 0 Å². The number of benzene rings is 2. The van der Waals surface area contributed by atoms with Crippen molar-refractivity contribution in [3.8, 4) is 0 Å². The van der Waals surface area contributed by atoms with Gasteiger partial charge in [-0.1, -0.05) is 48.5 Å². The summed E-state index contributed by atoms with van der Waals surface area (Å²) >= 11 is 0. The van der Waals surface area contributed by atoms with E-state index in [4.69, 9.17) is 0 Å². The number of likely N-dealkylation sites (tertiary alicyclic amines) is 4. The fraction of sp³-hybridized carbons (Fsp3) is 0.700. The van der Waals surface area contributed by atoms with Crippen molar-refractivity contribution in [1.82, 2.24) is 19.6 Å². The smallest absolute Gasteiger partial charge is 0.0254 e. The molecule has 0 aliphatic carbocycles. The number of nitrogens with zero attached hydrogens (tertiary/aromatic N) is 4. The van der Waals surface area contributed by atoms with E-state index in [-0.39, 0.29) is 0 Å². The number of aryl methyl sites for hydroxylation is 4. The van der Waals surface area contributed by atoms with E-state index in [1.807, 2.05) is 0 Å². The monoisotopic (exact) mass is 598 g/mol. The molecule has 0 amide bonds. The molecule has 2 atom stereocenters. The number of hydrogen-bond acceptors (Lipinski definition) is 4. The van der Waals surface area contributed by atoms with E-state index < -0.39 is 0 Å². The Bertz CT molecular complexity index is 1070. The molecule has 0 radical (unpaired) electrons. The van der Waals surface area contributed by atoms with E-state index in [0.29, 0.717) is 12.1 Å². The van der Waals surface area contributed by atoms with Crippen molar-refractivity contribution in [2.24, 2.45) is 0 Å². The molecule has 4 nitrogen and oxygen atoms in total. The molecule has 0 bridgehead atoms. The van der Waals surface area contributed by atoms with Gasteiger partial charge in [-0.05, 0) is 190 Å². The molecule has 4 aliphatic heterocycles. The average molecular weight is 599 g/mol. The van der Waals surface area contributed by atoms with Crippen LogP contribution in [-0.2, 0) is 25.7 Å². The molecule has 242 valence electrons. The van der Waals surface area contributed by atoms with Crippen molar-refractivity contribution in [3.05, 3.63) is 70.8 Å². The van der Waals surface area contributed by atoms with Gasteiger partial charge in [-0.3, -0.25) is 9.80 Å². The van der Waals surface area contributed by atoms with Gasteiger partial charge in [-0.2, -0.15) is 0 Å². The highest BCUT2D eigenvalue weighted by Crippen LogP contribution is 2.28. The van der Waals surface area contributed by atoms with Gasteiger partial charge in [0.1, 0.15) is 0 Å². The molecular formula is C40H62N4. The van der Waals surface area contributed by atoms with Gasteiger partial charge in [0.2, 0.25) is 0 Å². The lowest BCUT2D eigenvalue weighted by molar-refractivity contribution is 0.0970. The zero-order valence-electron chi connectivity index (χ0n) is 27.9. The summed E-state index contributed by atoms with van der Waals surface area (Å²) in [7, 11) is 0. The Balaban J connectivity index is 1.04. The first kappa shape index (κ1) is 32.2. The molecule has 0 saturated carbocycles. The van der Waals surface area contributed by atoms with Crippen LogP contribution in [0.25, 0.3) is 0 Å². The lowest BCUT2D eigenvalue weighted by Gasteiger charge is -2.40. The van der Waals surface area contributed by atoms with Gasteiger partial charge < -0.3 is 9.80 Å². The molecule has 4 heteroatoms. The molecule has 4 aliphatic rings. The highest BCUT2D eigenvalue weighted by molar-refractivity contribution is 5.25. The Labute approximate surface area is 270 Å². The Kier molecular flexibility index (Phi) is 12.6. The van der Waals surface area contributed by atoms with Crippen LogP contribution < -0.4 is 0 Å². The van der Waals surface area contributed by atoms with Crippen LogP contribution in [0.3, 0.4) is 0 Å². The van der Waals surface area contributed by atoms with Crippen LogP contribution in [0.5, 0.6) is 0 Å². The summed E-state index contributed by atoms with van der Waals surface area (Å²) in [6.07, 6.45) is 21.2. The van der Waals surface area contributed by atoms with E-state index in [9.17, 15) is 0 Å². The molecule has 0 N–H and O–H groups in total. The van der Waals surface area contributed by atoms with Crippen LogP contribution in [0.4, 0.5) is 0 Å². The molecule has 2 aromatic carbocycles. The van der Waals surface area contributed by atoms with Crippen LogP contribution in [-0.4, -0.2) is 97.1 Å². The third kappa shape index (κ3) is 9.64. The minimum atomic E-state index is 0.680. The predicted molar refractivity (Wildman–Crippen MR) is 187 cm³/mol. The number of rotatable bonds is 17. The average Bonchev–Trinajstić information content (AvgIpc) is 3.88. The highest BCUT2D eigenvalue weighted by Gasteiger charge is 2.34. The van der Waals surface area contributed by atoms with E-state index >= 15 is 0 Å². The maximum atomic E-state index is 2.90. The summed E-state index contributed by atoms with van der Waals surface area (Å²) in [5.41, 5.74) is 6.18.